The molecule has 0 fully saturated rings. The molecule has 3 rings (SSSR count). The van der Waals surface area contributed by atoms with Crippen molar-refractivity contribution in [2.24, 2.45) is 0 Å². The van der Waals surface area contributed by atoms with Crippen LogP contribution in [0.3, 0.4) is 0 Å². The van der Waals surface area contributed by atoms with E-state index in [1.165, 1.54) is 0 Å². The topological polar surface area (TPSA) is 68.6 Å². The Morgan fingerprint density at radius 3 is 3.00 bits per heavy atom. The van der Waals surface area contributed by atoms with Gasteiger partial charge in [-0.15, -0.1) is 10.2 Å². The summed E-state index contributed by atoms with van der Waals surface area (Å²) in [6.07, 6.45) is 1.87. The Labute approximate surface area is 85.2 Å². The van der Waals surface area contributed by atoms with Gasteiger partial charge in [-0.2, -0.15) is 5.21 Å². The highest BCUT2D eigenvalue weighted by Crippen LogP contribution is 2.15. The number of nitrogens with zero attached hydrogens (tertiary/aromatic N) is 3. The van der Waals surface area contributed by atoms with Crippen LogP contribution in [-0.4, -0.2) is 20.6 Å². The predicted molar refractivity (Wildman–Crippen MR) is 53.7 cm³/mol. The van der Waals surface area contributed by atoms with Gasteiger partial charge in [0, 0.05) is 11.5 Å². The van der Waals surface area contributed by atoms with Crippen LogP contribution in [0.2, 0.25) is 0 Å². The SMILES string of the molecule is c1ccc2[nH+]cc(-c3nn[nH]n3)cc2c1. The number of pyridine rings is 1. The van der Waals surface area contributed by atoms with Crippen LogP contribution in [0, 0.1) is 0 Å². The number of aromatic nitrogens is 5. The number of tetrazole rings is 1. The average Bonchev–Trinajstić information content (AvgIpc) is 2.82. The minimum atomic E-state index is 0.594. The van der Waals surface area contributed by atoms with E-state index in [1.54, 1.807) is 0 Å². The predicted octanol–water partition coefficient (Wildman–Crippen LogP) is 0.834. The van der Waals surface area contributed by atoms with Crippen molar-refractivity contribution >= 4 is 10.9 Å². The van der Waals surface area contributed by atoms with Gasteiger partial charge in [0.15, 0.2) is 6.20 Å². The van der Waals surface area contributed by atoms with E-state index in [4.69, 9.17) is 0 Å². The first kappa shape index (κ1) is 8.05. The number of hydrogen-bond donors (Lipinski definition) is 1. The molecule has 0 radical (unpaired) electrons. The molecule has 5 nitrogen and oxygen atoms in total. The van der Waals surface area contributed by atoms with Gasteiger partial charge in [0.2, 0.25) is 11.3 Å². The van der Waals surface area contributed by atoms with Gasteiger partial charge in [0.25, 0.3) is 0 Å². The Morgan fingerprint density at radius 1 is 1.20 bits per heavy atom. The molecule has 0 aliphatic carbocycles. The lowest BCUT2D eigenvalue weighted by atomic mass is 10.1. The second kappa shape index (κ2) is 3.13. The van der Waals surface area contributed by atoms with Crippen molar-refractivity contribution in [3.8, 4) is 11.4 Å². The molecule has 0 spiro atoms. The zero-order valence-electron chi connectivity index (χ0n) is 7.81. The number of aromatic amines is 2. The number of fused-ring (bicyclic) bond motifs is 1. The summed E-state index contributed by atoms with van der Waals surface area (Å²) < 4.78 is 0. The van der Waals surface area contributed by atoms with E-state index in [1.807, 2.05) is 36.5 Å². The number of benzene rings is 1. The first-order valence-electron chi connectivity index (χ1n) is 4.58. The Kier molecular flexibility index (Phi) is 1.68. The molecule has 3 aromatic rings. The maximum atomic E-state index is 3.93. The molecule has 0 atom stereocenters. The van der Waals surface area contributed by atoms with E-state index in [0.717, 1.165) is 16.5 Å². The maximum Gasteiger partial charge on any atom is 0.210 e. The molecular weight excluding hydrogens is 190 g/mol. The van der Waals surface area contributed by atoms with Crippen molar-refractivity contribution in [1.29, 1.82) is 0 Å². The minimum Gasteiger partial charge on any atom is -0.210 e. The van der Waals surface area contributed by atoms with Crippen molar-refractivity contribution in [3.05, 3.63) is 36.5 Å². The Hall–Kier alpha value is -2.30. The highest BCUT2D eigenvalue weighted by molar-refractivity contribution is 5.79. The van der Waals surface area contributed by atoms with Gasteiger partial charge >= 0.3 is 0 Å². The first-order valence-corrected chi connectivity index (χ1v) is 4.58. The summed E-state index contributed by atoms with van der Waals surface area (Å²) in [5.41, 5.74) is 2.01. The Bertz CT molecular complexity index is 588. The van der Waals surface area contributed by atoms with E-state index >= 15 is 0 Å². The molecular formula is C10H8N5+. The summed E-state index contributed by atoms with van der Waals surface area (Å²) in [6, 6.07) is 10.1. The summed E-state index contributed by atoms with van der Waals surface area (Å²) in [5.74, 6) is 0.594. The van der Waals surface area contributed by atoms with Gasteiger partial charge in [0.05, 0.1) is 5.56 Å². The van der Waals surface area contributed by atoms with Crippen LogP contribution in [-0.2, 0) is 0 Å². The molecule has 1 aromatic carbocycles. The summed E-state index contributed by atoms with van der Waals surface area (Å²) in [6.45, 7) is 0. The summed E-state index contributed by atoms with van der Waals surface area (Å²) in [5, 5.41) is 14.9. The fourth-order valence-electron chi connectivity index (χ4n) is 1.53. The van der Waals surface area contributed by atoms with Gasteiger partial charge < -0.3 is 0 Å². The van der Waals surface area contributed by atoms with Gasteiger partial charge in [-0.3, -0.25) is 0 Å². The van der Waals surface area contributed by atoms with Crippen molar-refractivity contribution < 1.29 is 4.98 Å². The van der Waals surface area contributed by atoms with E-state index in [9.17, 15) is 0 Å². The van der Waals surface area contributed by atoms with Crippen LogP contribution in [0.5, 0.6) is 0 Å². The average molecular weight is 198 g/mol. The quantitative estimate of drug-likeness (QED) is 0.629. The van der Waals surface area contributed by atoms with Gasteiger partial charge in [-0.05, 0) is 17.3 Å². The lowest BCUT2D eigenvalue weighted by Gasteiger charge is -1.93. The molecule has 0 aliphatic heterocycles. The normalized spacial score (nSPS) is 10.7. The minimum absolute atomic E-state index is 0.594. The van der Waals surface area contributed by atoms with Crippen molar-refractivity contribution in [2.75, 3.05) is 0 Å². The largest absolute Gasteiger partial charge is 0.210 e. The summed E-state index contributed by atoms with van der Waals surface area (Å²) in [4.78, 5) is 3.19. The highest BCUT2D eigenvalue weighted by Gasteiger charge is 2.07. The molecule has 5 heteroatoms. The van der Waals surface area contributed by atoms with Crippen LogP contribution in [0.4, 0.5) is 0 Å². The number of rotatable bonds is 1. The molecule has 0 saturated carbocycles. The van der Waals surface area contributed by atoms with Gasteiger partial charge in [-0.1, -0.05) is 12.1 Å². The van der Waals surface area contributed by atoms with Crippen LogP contribution in [0.25, 0.3) is 22.3 Å². The molecule has 2 heterocycles. The molecule has 0 unspecified atom stereocenters. The van der Waals surface area contributed by atoms with Crippen LogP contribution < -0.4 is 4.98 Å². The third-order valence-electron chi connectivity index (χ3n) is 2.26. The fraction of sp³-hybridized carbons (Fsp3) is 0. The lowest BCUT2D eigenvalue weighted by molar-refractivity contribution is -0.343. The van der Waals surface area contributed by atoms with Crippen molar-refractivity contribution in [3.63, 3.8) is 0 Å². The zero-order valence-corrected chi connectivity index (χ0v) is 7.81. The lowest BCUT2D eigenvalue weighted by Crippen LogP contribution is -2.03. The standard InChI is InChI=1S/C10H7N5/c1-2-4-9-7(3-1)5-8(6-11-9)10-12-14-15-13-10/h1-6H,(H,12,13,14,15)/p+1. The second-order valence-electron chi connectivity index (χ2n) is 3.21. The number of hydrogen-bond acceptors (Lipinski definition) is 3. The van der Waals surface area contributed by atoms with Gasteiger partial charge in [0.1, 0.15) is 0 Å². The molecule has 0 bridgehead atoms. The monoisotopic (exact) mass is 198 g/mol. The van der Waals surface area contributed by atoms with E-state index in [-0.39, 0.29) is 0 Å². The van der Waals surface area contributed by atoms with E-state index in [0.29, 0.717) is 5.82 Å². The molecule has 72 valence electrons. The zero-order chi connectivity index (χ0) is 10.1. The first-order chi connectivity index (χ1) is 7.43. The van der Waals surface area contributed by atoms with Crippen LogP contribution in [0.1, 0.15) is 0 Å². The third-order valence-corrected chi connectivity index (χ3v) is 2.26. The number of para-hydroxylation sites is 1. The van der Waals surface area contributed by atoms with E-state index in [2.05, 4.69) is 25.6 Å². The summed E-state index contributed by atoms with van der Waals surface area (Å²) in [7, 11) is 0. The summed E-state index contributed by atoms with van der Waals surface area (Å²) >= 11 is 0. The van der Waals surface area contributed by atoms with Crippen molar-refractivity contribution in [1.82, 2.24) is 20.6 Å². The molecule has 0 amide bonds. The maximum absolute atomic E-state index is 3.93. The molecule has 0 saturated heterocycles. The number of nitrogens with one attached hydrogen (secondary N) is 2. The number of H-pyrrole nitrogens is 2. The van der Waals surface area contributed by atoms with Crippen LogP contribution >= 0.6 is 0 Å². The third kappa shape index (κ3) is 1.34. The highest BCUT2D eigenvalue weighted by atomic mass is 15.5. The Balaban J connectivity index is 2.22. The van der Waals surface area contributed by atoms with E-state index < -0.39 is 0 Å². The molecule has 15 heavy (non-hydrogen) atoms. The molecule has 0 aliphatic rings. The molecule has 2 N–H and O–H groups in total. The van der Waals surface area contributed by atoms with Crippen LogP contribution in [0.15, 0.2) is 36.5 Å². The molecule has 2 aromatic heterocycles. The van der Waals surface area contributed by atoms with Gasteiger partial charge in [-0.25, -0.2) is 4.98 Å². The Morgan fingerprint density at radius 2 is 2.13 bits per heavy atom. The van der Waals surface area contributed by atoms with Crippen molar-refractivity contribution in [2.45, 2.75) is 0 Å². The fourth-order valence-corrected chi connectivity index (χ4v) is 1.53. The smallest absolute Gasteiger partial charge is 0.210 e. The second-order valence-corrected chi connectivity index (χ2v) is 3.21.